The second kappa shape index (κ2) is 4.11. The number of nitrogens with two attached hydrogens (primary N) is 1. The van der Waals surface area contributed by atoms with Gasteiger partial charge in [0.2, 0.25) is 0 Å². The van der Waals surface area contributed by atoms with Crippen LogP contribution in [0.3, 0.4) is 0 Å². The van der Waals surface area contributed by atoms with Crippen LogP contribution < -0.4 is 5.73 Å². The van der Waals surface area contributed by atoms with Crippen LogP contribution >= 0.6 is 11.3 Å². The fourth-order valence-corrected chi connectivity index (χ4v) is 4.36. The van der Waals surface area contributed by atoms with Crippen molar-refractivity contribution in [3.05, 3.63) is 16.1 Å². The molecule has 2 saturated carbocycles. The first kappa shape index (κ1) is 10.7. The zero-order valence-corrected chi connectivity index (χ0v) is 10.7. The van der Waals surface area contributed by atoms with E-state index >= 15 is 0 Å². The van der Waals surface area contributed by atoms with E-state index < -0.39 is 0 Å². The van der Waals surface area contributed by atoms with E-state index in [1.807, 2.05) is 0 Å². The molecule has 3 atom stereocenters. The number of thiazole rings is 1. The van der Waals surface area contributed by atoms with Gasteiger partial charge in [-0.05, 0) is 37.5 Å². The average Bonchev–Trinajstić information content (AvgIpc) is 2.88. The highest BCUT2D eigenvalue weighted by Gasteiger charge is 2.52. The van der Waals surface area contributed by atoms with Gasteiger partial charge < -0.3 is 5.73 Å². The lowest BCUT2D eigenvalue weighted by molar-refractivity contribution is 0.480. The summed E-state index contributed by atoms with van der Waals surface area (Å²) in [5.41, 5.74) is 7.49. The van der Waals surface area contributed by atoms with E-state index in [0.717, 1.165) is 29.9 Å². The van der Waals surface area contributed by atoms with Crippen LogP contribution in [0.5, 0.6) is 0 Å². The number of hydrogen-bond donors (Lipinski definition) is 1. The predicted molar refractivity (Wildman–Crippen MR) is 67.5 cm³/mol. The van der Waals surface area contributed by atoms with Crippen LogP contribution in [0.4, 0.5) is 0 Å². The van der Waals surface area contributed by atoms with Crippen molar-refractivity contribution in [3.63, 3.8) is 0 Å². The SMILES string of the molecule is Cc1csc(CC(N)C2C3CCCCC32)n1. The summed E-state index contributed by atoms with van der Waals surface area (Å²) in [6.07, 6.45) is 6.72. The van der Waals surface area contributed by atoms with Crippen LogP contribution in [0.25, 0.3) is 0 Å². The Kier molecular flexibility index (Phi) is 2.76. The maximum absolute atomic E-state index is 6.35. The summed E-state index contributed by atoms with van der Waals surface area (Å²) in [5, 5.41) is 3.36. The second-order valence-electron chi connectivity index (χ2n) is 5.44. The molecule has 0 radical (unpaired) electrons. The molecule has 0 spiro atoms. The molecule has 2 fully saturated rings. The zero-order valence-electron chi connectivity index (χ0n) is 9.86. The maximum atomic E-state index is 6.35. The minimum atomic E-state index is 0.360. The average molecular weight is 236 g/mol. The number of nitrogens with zero attached hydrogens (tertiary/aromatic N) is 1. The van der Waals surface area contributed by atoms with Crippen LogP contribution in [0.1, 0.15) is 36.4 Å². The number of hydrogen-bond acceptors (Lipinski definition) is 3. The molecule has 0 bridgehead atoms. The van der Waals surface area contributed by atoms with Gasteiger partial charge in [0.15, 0.2) is 0 Å². The lowest BCUT2D eigenvalue weighted by Crippen LogP contribution is -2.26. The topological polar surface area (TPSA) is 38.9 Å². The Balaban J connectivity index is 1.60. The van der Waals surface area contributed by atoms with Gasteiger partial charge in [0.25, 0.3) is 0 Å². The summed E-state index contributed by atoms with van der Waals surface area (Å²) in [4.78, 5) is 4.52. The van der Waals surface area contributed by atoms with Crippen molar-refractivity contribution in [2.24, 2.45) is 23.5 Å². The van der Waals surface area contributed by atoms with E-state index in [-0.39, 0.29) is 0 Å². The molecule has 0 amide bonds. The fourth-order valence-electron chi connectivity index (χ4n) is 3.52. The summed E-state index contributed by atoms with van der Waals surface area (Å²) in [7, 11) is 0. The summed E-state index contributed by atoms with van der Waals surface area (Å²) in [6, 6.07) is 0.360. The molecule has 16 heavy (non-hydrogen) atoms. The molecule has 2 nitrogen and oxygen atoms in total. The molecule has 2 aliphatic rings. The summed E-state index contributed by atoms with van der Waals surface area (Å²) < 4.78 is 0. The Morgan fingerprint density at radius 1 is 1.44 bits per heavy atom. The van der Waals surface area contributed by atoms with Crippen LogP contribution in [0.15, 0.2) is 5.38 Å². The van der Waals surface area contributed by atoms with Gasteiger partial charge in [0, 0.05) is 23.5 Å². The van der Waals surface area contributed by atoms with Gasteiger partial charge in [-0.15, -0.1) is 11.3 Å². The highest BCUT2D eigenvalue weighted by Crippen LogP contribution is 2.56. The Labute approximate surface area is 101 Å². The molecule has 3 rings (SSSR count). The molecule has 3 unspecified atom stereocenters. The van der Waals surface area contributed by atoms with Crippen molar-refractivity contribution < 1.29 is 0 Å². The second-order valence-corrected chi connectivity index (χ2v) is 6.38. The van der Waals surface area contributed by atoms with Crippen LogP contribution in [0.2, 0.25) is 0 Å². The first-order chi connectivity index (χ1) is 7.75. The Bertz CT molecular complexity index is 362. The Morgan fingerprint density at radius 2 is 2.12 bits per heavy atom. The van der Waals surface area contributed by atoms with E-state index in [2.05, 4.69) is 17.3 Å². The van der Waals surface area contributed by atoms with Crippen LogP contribution in [-0.2, 0) is 6.42 Å². The lowest BCUT2D eigenvalue weighted by atomic mass is 10.0. The minimum absolute atomic E-state index is 0.360. The van der Waals surface area contributed by atoms with Gasteiger partial charge in [0.1, 0.15) is 0 Å². The molecule has 3 heteroatoms. The van der Waals surface area contributed by atoms with E-state index in [9.17, 15) is 0 Å². The highest BCUT2D eigenvalue weighted by molar-refractivity contribution is 7.09. The van der Waals surface area contributed by atoms with Crippen molar-refractivity contribution in [1.82, 2.24) is 4.98 Å². The first-order valence-corrected chi connectivity index (χ1v) is 7.30. The molecular formula is C13H20N2S. The summed E-state index contributed by atoms with van der Waals surface area (Å²) >= 11 is 1.77. The standard InChI is InChI=1S/C13H20N2S/c1-8-7-16-12(15-8)6-11(14)13-9-4-2-3-5-10(9)13/h7,9-11,13H,2-6,14H2,1H3. The maximum Gasteiger partial charge on any atom is 0.0943 e. The molecule has 2 N–H and O–H groups in total. The molecule has 1 aromatic heterocycles. The molecule has 2 aliphatic carbocycles. The third-order valence-corrected chi connectivity index (χ3v) is 5.28. The zero-order chi connectivity index (χ0) is 11.1. The monoisotopic (exact) mass is 236 g/mol. The van der Waals surface area contributed by atoms with E-state index in [1.54, 1.807) is 11.3 Å². The quantitative estimate of drug-likeness (QED) is 0.876. The van der Waals surface area contributed by atoms with Gasteiger partial charge in [-0.2, -0.15) is 0 Å². The van der Waals surface area contributed by atoms with Gasteiger partial charge in [0.05, 0.1) is 5.01 Å². The Morgan fingerprint density at radius 3 is 2.69 bits per heavy atom. The van der Waals surface area contributed by atoms with Gasteiger partial charge in [-0.25, -0.2) is 4.98 Å². The molecule has 1 heterocycles. The number of aryl methyl sites for hydroxylation is 1. The van der Waals surface area contributed by atoms with Gasteiger partial charge in [-0.3, -0.25) is 0 Å². The fraction of sp³-hybridized carbons (Fsp3) is 0.769. The van der Waals surface area contributed by atoms with Crippen molar-refractivity contribution in [1.29, 1.82) is 0 Å². The number of rotatable bonds is 3. The summed E-state index contributed by atoms with van der Waals surface area (Å²) in [6.45, 7) is 2.06. The van der Waals surface area contributed by atoms with Gasteiger partial charge in [-0.1, -0.05) is 12.8 Å². The number of aromatic nitrogens is 1. The molecular weight excluding hydrogens is 216 g/mol. The normalized spacial score (nSPS) is 34.5. The highest BCUT2D eigenvalue weighted by atomic mass is 32.1. The third-order valence-electron chi connectivity index (χ3n) is 4.29. The molecule has 1 aromatic rings. The van der Waals surface area contributed by atoms with E-state index in [0.29, 0.717) is 6.04 Å². The van der Waals surface area contributed by atoms with Crippen molar-refractivity contribution in [3.8, 4) is 0 Å². The molecule has 0 saturated heterocycles. The minimum Gasteiger partial charge on any atom is -0.327 e. The van der Waals surface area contributed by atoms with E-state index in [1.165, 1.54) is 30.7 Å². The Hall–Kier alpha value is -0.410. The predicted octanol–water partition coefficient (Wildman–Crippen LogP) is 2.76. The van der Waals surface area contributed by atoms with Crippen molar-refractivity contribution >= 4 is 11.3 Å². The largest absolute Gasteiger partial charge is 0.327 e. The first-order valence-electron chi connectivity index (χ1n) is 6.42. The van der Waals surface area contributed by atoms with Crippen LogP contribution in [-0.4, -0.2) is 11.0 Å². The molecule has 88 valence electrons. The molecule has 0 aliphatic heterocycles. The van der Waals surface area contributed by atoms with E-state index in [4.69, 9.17) is 5.73 Å². The summed E-state index contributed by atoms with van der Waals surface area (Å²) in [5.74, 6) is 2.74. The number of fused-ring (bicyclic) bond motifs is 1. The third kappa shape index (κ3) is 1.91. The smallest absolute Gasteiger partial charge is 0.0943 e. The van der Waals surface area contributed by atoms with Gasteiger partial charge >= 0.3 is 0 Å². The van der Waals surface area contributed by atoms with Crippen molar-refractivity contribution in [2.75, 3.05) is 0 Å². The lowest BCUT2D eigenvalue weighted by Gasteiger charge is -2.08. The molecule has 0 aromatic carbocycles. The van der Waals surface area contributed by atoms with Crippen LogP contribution in [0, 0.1) is 24.7 Å². The van der Waals surface area contributed by atoms with Crippen molar-refractivity contribution in [2.45, 2.75) is 45.1 Å².